The molecule has 19 heavy (non-hydrogen) atoms. The summed E-state index contributed by atoms with van der Waals surface area (Å²) in [5.74, 6) is 5.03. The molecule has 0 fully saturated rings. The second kappa shape index (κ2) is 8.68. The fourth-order valence-corrected chi connectivity index (χ4v) is 2.12. The molecule has 0 bridgehead atoms. The van der Waals surface area contributed by atoms with Crippen LogP contribution in [0.4, 0.5) is 4.39 Å². The van der Waals surface area contributed by atoms with Crippen molar-refractivity contribution in [1.29, 1.82) is 0 Å². The zero-order valence-electron chi connectivity index (χ0n) is 11.7. The third kappa shape index (κ3) is 5.87. The quantitative estimate of drug-likeness (QED) is 0.798. The summed E-state index contributed by atoms with van der Waals surface area (Å²) >= 11 is 0. The van der Waals surface area contributed by atoms with Gasteiger partial charge in [-0.3, -0.25) is 4.90 Å². The van der Waals surface area contributed by atoms with Crippen LogP contribution in [-0.4, -0.2) is 29.7 Å². The number of nitrogens with zero attached hydrogens (tertiary/aromatic N) is 1. The highest BCUT2D eigenvalue weighted by Crippen LogP contribution is 2.12. The Kier molecular flexibility index (Phi) is 7.17. The molecule has 0 aliphatic rings. The van der Waals surface area contributed by atoms with E-state index in [1.807, 2.05) is 6.07 Å². The Balaban J connectivity index is 2.83. The predicted molar refractivity (Wildman–Crippen MR) is 76.2 cm³/mol. The lowest BCUT2D eigenvalue weighted by molar-refractivity contribution is 0.266. The summed E-state index contributed by atoms with van der Waals surface area (Å²) in [4.78, 5) is 2.32. The van der Waals surface area contributed by atoms with Crippen molar-refractivity contribution in [3.05, 3.63) is 35.1 Å². The van der Waals surface area contributed by atoms with Gasteiger partial charge in [0.1, 0.15) is 12.4 Å². The molecule has 0 saturated carbocycles. The Morgan fingerprint density at radius 2 is 1.84 bits per heavy atom. The zero-order valence-corrected chi connectivity index (χ0v) is 11.7. The molecule has 1 rings (SSSR count). The van der Waals surface area contributed by atoms with E-state index in [2.05, 4.69) is 30.6 Å². The van der Waals surface area contributed by atoms with Gasteiger partial charge in [0.15, 0.2) is 0 Å². The zero-order chi connectivity index (χ0) is 14.1. The van der Waals surface area contributed by atoms with Gasteiger partial charge in [-0.15, -0.1) is 0 Å². The van der Waals surface area contributed by atoms with E-state index in [9.17, 15) is 4.39 Å². The van der Waals surface area contributed by atoms with Gasteiger partial charge in [-0.2, -0.15) is 0 Å². The van der Waals surface area contributed by atoms with Crippen molar-refractivity contribution in [2.45, 2.75) is 33.2 Å². The number of hydrogen-bond donors (Lipinski definition) is 1. The summed E-state index contributed by atoms with van der Waals surface area (Å²) in [5.41, 5.74) is 1.56. The van der Waals surface area contributed by atoms with E-state index < -0.39 is 0 Å². The fourth-order valence-electron chi connectivity index (χ4n) is 2.12. The van der Waals surface area contributed by atoms with E-state index in [1.54, 1.807) is 6.07 Å². The lowest BCUT2D eigenvalue weighted by atomic mass is 10.1. The molecule has 0 saturated heterocycles. The van der Waals surface area contributed by atoms with Crippen LogP contribution in [0.15, 0.2) is 18.2 Å². The Labute approximate surface area is 115 Å². The SMILES string of the molecule is CCCN(CCC)Cc1cc(F)cc(C#CCO)c1. The fraction of sp³-hybridized carbons (Fsp3) is 0.500. The summed E-state index contributed by atoms with van der Waals surface area (Å²) in [6.07, 6.45) is 2.18. The molecule has 0 heterocycles. The van der Waals surface area contributed by atoms with Gasteiger partial charge in [-0.05, 0) is 49.7 Å². The second-order valence-corrected chi connectivity index (χ2v) is 4.58. The number of halogens is 1. The van der Waals surface area contributed by atoms with Crippen molar-refractivity contribution in [3.8, 4) is 11.8 Å². The molecule has 0 atom stereocenters. The van der Waals surface area contributed by atoms with E-state index in [0.29, 0.717) is 5.56 Å². The minimum atomic E-state index is -0.271. The number of benzene rings is 1. The molecule has 3 heteroatoms. The van der Waals surface area contributed by atoms with Crippen LogP contribution in [-0.2, 0) is 6.54 Å². The summed E-state index contributed by atoms with van der Waals surface area (Å²) in [5, 5.41) is 8.68. The topological polar surface area (TPSA) is 23.5 Å². The maximum absolute atomic E-state index is 13.5. The Bertz CT molecular complexity index is 442. The van der Waals surface area contributed by atoms with E-state index in [0.717, 1.165) is 38.0 Å². The molecule has 0 aliphatic heterocycles. The maximum Gasteiger partial charge on any atom is 0.124 e. The highest BCUT2D eigenvalue weighted by Gasteiger charge is 2.06. The van der Waals surface area contributed by atoms with Gasteiger partial charge >= 0.3 is 0 Å². The van der Waals surface area contributed by atoms with Crippen LogP contribution in [0.2, 0.25) is 0 Å². The van der Waals surface area contributed by atoms with Gasteiger partial charge in [0.05, 0.1) is 0 Å². The summed E-state index contributed by atoms with van der Waals surface area (Å²) < 4.78 is 13.5. The largest absolute Gasteiger partial charge is 0.384 e. The first-order valence-corrected chi connectivity index (χ1v) is 6.81. The van der Waals surface area contributed by atoms with Gasteiger partial charge in [0, 0.05) is 12.1 Å². The van der Waals surface area contributed by atoms with Crippen LogP contribution in [0.25, 0.3) is 0 Å². The number of rotatable bonds is 6. The highest BCUT2D eigenvalue weighted by molar-refractivity contribution is 5.37. The van der Waals surface area contributed by atoms with E-state index in [-0.39, 0.29) is 12.4 Å². The standard InChI is InChI=1S/C16H22FNO/c1-3-7-18(8-4-2)13-15-10-14(6-5-9-19)11-16(17)12-15/h10-12,19H,3-4,7-9,13H2,1-2H3. The van der Waals surface area contributed by atoms with Crippen molar-refractivity contribution < 1.29 is 9.50 Å². The smallest absolute Gasteiger partial charge is 0.124 e. The maximum atomic E-state index is 13.5. The molecule has 2 nitrogen and oxygen atoms in total. The number of aliphatic hydroxyl groups excluding tert-OH is 1. The third-order valence-corrected chi connectivity index (χ3v) is 2.76. The monoisotopic (exact) mass is 263 g/mol. The normalized spacial score (nSPS) is 10.4. The van der Waals surface area contributed by atoms with Crippen LogP contribution in [0.1, 0.15) is 37.8 Å². The molecule has 0 amide bonds. The average Bonchev–Trinajstić information content (AvgIpc) is 2.36. The number of aliphatic hydroxyl groups is 1. The Morgan fingerprint density at radius 1 is 1.16 bits per heavy atom. The molecule has 0 aromatic heterocycles. The highest BCUT2D eigenvalue weighted by atomic mass is 19.1. The van der Waals surface area contributed by atoms with Gasteiger partial charge in [0.2, 0.25) is 0 Å². The molecule has 1 aromatic carbocycles. The Morgan fingerprint density at radius 3 is 2.42 bits per heavy atom. The average molecular weight is 263 g/mol. The molecule has 1 N–H and O–H groups in total. The van der Waals surface area contributed by atoms with Crippen molar-refractivity contribution in [2.75, 3.05) is 19.7 Å². The first-order chi connectivity index (χ1) is 9.19. The minimum Gasteiger partial charge on any atom is -0.384 e. The van der Waals surface area contributed by atoms with Crippen LogP contribution in [0.5, 0.6) is 0 Å². The second-order valence-electron chi connectivity index (χ2n) is 4.58. The molecular weight excluding hydrogens is 241 g/mol. The lowest BCUT2D eigenvalue weighted by Gasteiger charge is -2.21. The molecule has 0 radical (unpaired) electrons. The number of hydrogen-bond acceptors (Lipinski definition) is 2. The van der Waals surface area contributed by atoms with Gasteiger partial charge < -0.3 is 5.11 Å². The predicted octanol–water partition coefficient (Wildman–Crippen LogP) is 2.79. The van der Waals surface area contributed by atoms with Gasteiger partial charge in [-0.1, -0.05) is 25.7 Å². The van der Waals surface area contributed by atoms with Crippen LogP contribution >= 0.6 is 0 Å². The van der Waals surface area contributed by atoms with E-state index >= 15 is 0 Å². The third-order valence-electron chi connectivity index (χ3n) is 2.76. The van der Waals surface area contributed by atoms with Gasteiger partial charge in [-0.25, -0.2) is 4.39 Å². The summed E-state index contributed by atoms with van der Waals surface area (Å²) in [7, 11) is 0. The van der Waals surface area contributed by atoms with Crippen LogP contribution in [0.3, 0.4) is 0 Å². The van der Waals surface area contributed by atoms with E-state index in [1.165, 1.54) is 6.07 Å². The summed E-state index contributed by atoms with van der Waals surface area (Å²) in [6.45, 7) is 6.86. The molecule has 0 aliphatic carbocycles. The molecular formula is C16H22FNO. The van der Waals surface area contributed by atoms with Crippen molar-refractivity contribution in [2.24, 2.45) is 0 Å². The Hall–Kier alpha value is -1.37. The van der Waals surface area contributed by atoms with Crippen molar-refractivity contribution >= 4 is 0 Å². The molecule has 0 unspecified atom stereocenters. The van der Waals surface area contributed by atoms with Crippen molar-refractivity contribution in [1.82, 2.24) is 4.90 Å². The molecule has 0 spiro atoms. The van der Waals surface area contributed by atoms with Gasteiger partial charge in [0.25, 0.3) is 0 Å². The molecule has 104 valence electrons. The van der Waals surface area contributed by atoms with Crippen LogP contribution in [0, 0.1) is 17.7 Å². The molecule has 1 aromatic rings. The minimum absolute atomic E-state index is 0.205. The summed E-state index contributed by atoms with van der Waals surface area (Å²) in [6, 6.07) is 4.85. The lowest BCUT2D eigenvalue weighted by Crippen LogP contribution is -2.25. The first kappa shape index (κ1) is 15.7. The van der Waals surface area contributed by atoms with Crippen molar-refractivity contribution in [3.63, 3.8) is 0 Å². The first-order valence-electron chi connectivity index (χ1n) is 6.81. The van der Waals surface area contributed by atoms with Crippen LogP contribution < -0.4 is 0 Å². The van der Waals surface area contributed by atoms with E-state index in [4.69, 9.17) is 5.11 Å².